The molecule has 0 aromatic rings. The molecule has 4 aliphatic rings. The van der Waals surface area contributed by atoms with Crippen LogP contribution in [-0.4, -0.2) is 37.7 Å². The fourth-order valence-corrected chi connectivity index (χ4v) is 5.21. The molecule has 4 fully saturated rings. The van der Waals surface area contributed by atoms with E-state index in [1.54, 1.807) is 7.11 Å². The molecule has 0 saturated heterocycles. The van der Waals surface area contributed by atoms with Gasteiger partial charge in [-0.2, -0.15) is 0 Å². The van der Waals surface area contributed by atoms with Crippen LogP contribution in [0.25, 0.3) is 0 Å². The zero-order chi connectivity index (χ0) is 14.2. The Morgan fingerprint density at radius 2 is 1.75 bits per heavy atom. The molecule has 0 spiro atoms. The molecule has 0 heterocycles. The highest BCUT2D eigenvalue weighted by Crippen LogP contribution is 2.55. The first-order valence-corrected chi connectivity index (χ1v) is 8.12. The molecule has 4 nitrogen and oxygen atoms in total. The van der Waals surface area contributed by atoms with Gasteiger partial charge in [0.1, 0.15) is 0 Å². The lowest BCUT2D eigenvalue weighted by Crippen LogP contribution is -2.60. The van der Waals surface area contributed by atoms with E-state index in [2.05, 4.69) is 10.6 Å². The maximum Gasteiger partial charge on any atom is 0.234 e. The van der Waals surface area contributed by atoms with Gasteiger partial charge >= 0.3 is 0 Å². The van der Waals surface area contributed by atoms with E-state index in [4.69, 9.17) is 4.74 Å². The van der Waals surface area contributed by atoms with Crippen molar-refractivity contribution in [3.05, 3.63) is 0 Å². The SMILES string of the molecule is COCC(C)NC(=O)CNC12CC3CC(CC(C3)C1)C2. The van der Waals surface area contributed by atoms with Crippen LogP contribution < -0.4 is 10.6 Å². The predicted octanol–water partition coefficient (Wildman–Crippen LogP) is 1.70. The summed E-state index contributed by atoms with van der Waals surface area (Å²) in [5.74, 6) is 2.86. The smallest absolute Gasteiger partial charge is 0.234 e. The molecule has 0 radical (unpaired) electrons. The van der Waals surface area contributed by atoms with E-state index in [0.717, 1.165) is 17.8 Å². The fourth-order valence-electron chi connectivity index (χ4n) is 5.21. The molecule has 4 bridgehead atoms. The summed E-state index contributed by atoms with van der Waals surface area (Å²) in [7, 11) is 1.66. The Morgan fingerprint density at radius 1 is 1.20 bits per heavy atom. The third-order valence-corrected chi connectivity index (χ3v) is 5.49. The Labute approximate surface area is 122 Å². The highest BCUT2D eigenvalue weighted by atomic mass is 16.5. The van der Waals surface area contributed by atoms with Crippen molar-refractivity contribution in [3.8, 4) is 0 Å². The fraction of sp³-hybridized carbons (Fsp3) is 0.938. The average Bonchev–Trinajstić information content (AvgIpc) is 2.35. The second kappa shape index (κ2) is 5.64. The first kappa shape index (κ1) is 14.3. The molecule has 1 amide bonds. The number of rotatable bonds is 6. The maximum atomic E-state index is 12.0. The average molecular weight is 280 g/mol. The summed E-state index contributed by atoms with van der Waals surface area (Å²) in [4.78, 5) is 12.0. The molecule has 0 aliphatic heterocycles. The van der Waals surface area contributed by atoms with Crippen molar-refractivity contribution in [2.45, 2.75) is 57.0 Å². The van der Waals surface area contributed by atoms with E-state index in [-0.39, 0.29) is 17.5 Å². The Bertz CT molecular complexity index is 334. The highest BCUT2D eigenvalue weighted by Gasteiger charge is 2.50. The topological polar surface area (TPSA) is 50.4 Å². The van der Waals surface area contributed by atoms with Crippen LogP contribution in [-0.2, 0) is 9.53 Å². The third-order valence-electron chi connectivity index (χ3n) is 5.49. The van der Waals surface area contributed by atoms with Crippen LogP contribution in [0.3, 0.4) is 0 Å². The lowest BCUT2D eigenvalue weighted by atomic mass is 9.53. The Balaban J connectivity index is 1.49. The van der Waals surface area contributed by atoms with Crippen LogP contribution in [0.15, 0.2) is 0 Å². The quantitative estimate of drug-likeness (QED) is 0.778. The predicted molar refractivity (Wildman–Crippen MR) is 78.4 cm³/mol. The molecule has 4 aliphatic carbocycles. The lowest BCUT2D eigenvalue weighted by Gasteiger charge is -2.57. The van der Waals surface area contributed by atoms with Gasteiger partial charge in [0, 0.05) is 18.7 Å². The number of hydrogen-bond donors (Lipinski definition) is 2. The second-order valence-corrected chi connectivity index (χ2v) is 7.48. The van der Waals surface area contributed by atoms with Crippen LogP contribution >= 0.6 is 0 Å². The Kier molecular flexibility index (Phi) is 4.04. The van der Waals surface area contributed by atoms with E-state index in [1.165, 1.54) is 38.5 Å². The first-order chi connectivity index (χ1) is 9.58. The third kappa shape index (κ3) is 3.01. The number of carbonyl (C=O) groups is 1. The molecule has 0 aromatic heterocycles. The molecule has 4 heteroatoms. The molecule has 114 valence electrons. The zero-order valence-electron chi connectivity index (χ0n) is 12.8. The minimum absolute atomic E-state index is 0.0886. The van der Waals surface area contributed by atoms with Gasteiger partial charge in [-0.3, -0.25) is 4.79 Å². The minimum Gasteiger partial charge on any atom is -0.383 e. The first-order valence-electron chi connectivity index (χ1n) is 8.12. The number of methoxy groups -OCH3 is 1. The van der Waals surface area contributed by atoms with E-state index in [9.17, 15) is 4.79 Å². The standard InChI is InChI=1S/C16H28N2O2/c1-11(10-20-2)18-15(19)9-17-16-6-12-3-13(7-16)5-14(4-12)8-16/h11-14,17H,3-10H2,1-2H3,(H,18,19). The molecule has 4 rings (SSSR count). The molecule has 1 unspecified atom stereocenters. The molecule has 20 heavy (non-hydrogen) atoms. The van der Waals surface area contributed by atoms with E-state index in [0.29, 0.717) is 13.2 Å². The van der Waals surface area contributed by atoms with Crippen molar-refractivity contribution in [1.29, 1.82) is 0 Å². The van der Waals surface area contributed by atoms with Gasteiger partial charge in [-0.25, -0.2) is 0 Å². The van der Waals surface area contributed by atoms with Crippen LogP contribution in [0, 0.1) is 17.8 Å². The van der Waals surface area contributed by atoms with E-state index in [1.807, 2.05) is 6.92 Å². The minimum atomic E-state index is 0.0886. The zero-order valence-corrected chi connectivity index (χ0v) is 12.8. The molecule has 2 N–H and O–H groups in total. The van der Waals surface area contributed by atoms with Crippen LogP contribution in [0.5, 0.6) is 0 Å². The largest absolute Gasteiger partial charge is 0.383 e. The number of amides is 1. The van der Waals surface area contributed by atoms with Gasteiger partial charge < -0.3 is 15.4 Å². The van der Waals surface area contributed by atoms with Gasteiger partial charge in [0.05, 0.1) is 13.2 Å². The van der Waals surface area contributed by atoms with Gasteiger partial charge in [-0.15, -0.1) is 0 Å². The number of ether oxygens (including phenoxy) is 1. The van der Waals surface area contributed by atoms with Crippen LogP contribution in [0.4, 0.5) is 0 Å². The summed E-state index contributed by atoms with van der Waals surface area (Å²) >= 11 is 0. The maximum absolute atomic E-state index is 12.0. The molecule has 4 saturated carbocycles. The number of carbonyl (C=O) groups excluding carboxylic acids is 1. The van der Waals surface area contributed by atoms with Gasteiger partial charge in [0.2, 0.25) is 5.91 Å². The number of nitrogens with one attached hydrogen (secondary N) is 2. The number of hydrogen-bond acceptors (Lipinski definition) is 3. The molecule has 0 aromatic carbocycles. The summed E-state index contributed by atoms with van der Waals surface area (Å²) in [6, 6.07) is 0.0886. The van der Waals surface area contributed by atoms with E-state index < -0.39 is 0 Å². The lowest BCUT2D eigenvalue weighted by molar-refractivity contribution is -0.122. The van der Waals surface area contributed by atoms with Gasteiger partial charge in [0.25, 0.3) is 0 Å². The van der Waals surface area contributed by atoms with Crippen molar-refractivity contribution in [2.75, 3.05) is 20.3 Å². The monoisotopic (exact) mass is 280 g/mol. The Hall–Kier alpha value is -0.610. The van der Waals surface area contributed by atoms with Crippen molar-refractivity contribution in [3.63, 3.8) is 0 Å². The molecule has 1 atom stereocenters. The highest BCUT2D eigenvalue weighted by molar-refractivity contribution is 5.78. The summed E-state index contributed by atoms with van der Waals surface area (Å²) < 4.78 is 5.05. The van der Waals surface area contributed by atoms with Crippen molar-refractivity contribution >= 4 is 5.91 Å². The Morgan fingerprint density at radius 3 is 2.25 bits per heavy atom. The van der Waals surface area contributed by atoms with Crippen LogP contribution in [0.1, 0.15) is 45.4 Å². The van der Waals surface area contributed by atoms with Crippen molar-refractivity contribution in [1.82, 2.24) is 10.6 Å². The molecular weight excluding hydrogens is 252 g/mol. The summed E-state index contributed by atoms with van der Waals surface area (Å²) in [5.41, 5.74) is 0.274. The van der Waals surface area contributed by atoms with E-state index >= 15 is 0 Å². The van der Waals surface area contributed by atoms with Crippen molar-refractivity contribution in [2.24, 2.45) is 17.8 Å². The van der Waals surface area contributed by atoms with Crippen molar-refractivity contribution < 1.29 is 9.53 Å². The summed E-state index contributed by atoms with van der Waals surface area (Å²) in [6.07, 6.45) is 8.20. The van der Waals surface area contributed by atoms with Gasteiger partial charge in [0.15, 0.2) is 0 Å². The van der Waals surface area contributed by atoms with Gasteiger partial charge in [-0.1, -0.05) is 0 Å². The normalized spacial score (nSPS) is 39.8. The summed E-state index contributed by atoms with van der Waals surface area (Å²) in [5, 5.41) is 6.61. The van der Waals surface area contributed by atoms with Crippen LogP contribution in [0.2, 0.25) is 0 Å². The summed E-state index contributed by atoms with van der Waals surface area (Å²) in [6.45, 7) is 3.01. The second-order valence-electron chi connectivity index (χ2n) is 7.48. The van der Waals surface area contributed by atoms with Gasteiger partial charge in [-0.05, 0) is 63.2 Å². The molecular formula is C16H28N2O2.